The van der Waals surface area contributed by atoms with Crippen molar-refractivity contribution in [3.05, 3.63) is 36.0 Å². The van der Waals surface area contributed by atoms with Crippen molar-refractivity contribution in [1.29, 1.82) is 0 Å². The van der Waals surface area contributed by atoms with E-state index < -0.39 is 0 Å². The summed E-state index contributed by atoms with van der Waals surface area (Å²) in [6.45, 7) is 5.99. The van der Waals surface area contributed by atoms with Crippen molar-refractivity contribution < 1.29 is 0 Å². The fourth-order valence-corrected chi connectivity index (χ4v) is 4.09. The molecule has 2 saturated heterocycles. The van der Waals surface area contributed by atoms with Gasteiger partial charge in [-0.05, 0) is 38.7 Å². The highest BCUT2D eigenvalue weighted by Gasteiger charge is 2.21. The molecular weight excluding hydrogens is 364 g/mol. The number of hydrogen-bond donors (Lipinski definition) is 2. The van der Waals surface area contributed by atoms with Crippen LogP contribution in [-0.2, 0) is 0 Å². The smallest absolute Gasteiger partial charge is 0.250 e. The molecule has 29 heavy (non-hydrogen) atoms. The molecule has 2 aliphatic heterocycles. The Hall–Kier alpha value is -3.16. The van der Waals surface area contributed by atoms with E-state index in [1.165, 1.54) is 25.7 Å². The number of hydrazone groups is 1. The van der Waals surface area contributed by atoms with Crippen molar-refractivity contribution in [2.24, 2.45) is 5.10 Å². The van der Waals surface area contributed by atoms with Crippen LogP contribution in [0.5, 0.6) is 0 Å². The average molecular weight is 390 g/mol. The maximum absolute atomic E-state index is 4.75. The Morgan fingerprint density at radius 2 is 1.55 bits per heavy atom. The van der Waals surface area contributed by atoms with E-state index in [-0.39, 0.29) is 0 Å². The van der Waals surface area contributed by atoms with Gasteiger partial charge in [-0.25, -0.2) is 5.43 Å². The Kier molecular flexibility index (Phi) is 4.75. The van der Waals surface area contributed by atoms with Crippen LogP contribution in [0, 0.1) is 0 Å². The molecule has 150 valence electrons. The minimum atomic E-state index is 0.503. The van der Waals surface area contributed by atoms with Gasteiger partial charge in [0.05, 0.1) is 5.71 Å². The van der Waals surface area contributed by atoms with Gasteiger partial charge in [0.15, 0.2) is 0 Å². The van der Waals surface area contributed by atoms with Crippen molar-refractivity contribution in [2.75, 3.05) is 41.4 Å². The molecule has 3 aromatic rings. The molecular formula is C21H26N8. The molecule has 1 aromatic carbocycles. The molecule has 4 heterocycles. The van der Waals surface area contributed by atoms with E-state index in [4.69, 9.17) is 4.98 Å². The summed E-state index contributed by atoms with van der Waals surface area (Å²) in [4.78, 5) is 21.8. The van der Waals surface area contributed by atoms with Gasteiger partial charge < -0.3 is 14.8 Å². The van der Waals surface area contributed by atoms with Crippen LogP contribution < -0.4 is 15.2 Å². The minimum Gasteiger partial charge on any atom is -0.360 e. The Morgan fingerprint density at radius 3 is 2.21 bits per heavy atom. The number of H-pyrrole nitrogens is 1. The lowest BCUT2D eigenvalue weighted by Gasteiger charge is -2.20. The van der Waals surface area contributed by atoms with Crippen molar-refractivity contribution >= 4 is 34.5 Å². The van der Waals surface area contributed by atoms with Gasteiger partial charge in [-0.3, -0.25) is 0 Å². The van der Waals surface area contributed by atoms with Gasteiger partial charge in [0, 0.05) is 48.8 Å². The lowest BCUT2D eigenvalue weighted by atomic mass is 10.1. The molecule has 2 aliphatic rings. The maximum atomic E-state index is 4.75. The summed E-state index contributed by atoms with van der Waals surface area (Å²) in [5.41, 5.74) is 6.14. The first kappa shape index (κ1) is 17.9. The molecule has 0 bridgehead atoms. The van der Waals surface area contributed by atoms with Crippen LogP contribution in [-0.4, -0.2) is 51.8 Å². The molecule has 0 spiro atoms. The monoisotopic (exact) mass is 390 g/mol. The second-order valence-corrected chi connectivity index (χ2v) is 7.70. The molecule has 0 amide bonds. The van der Waals surface area contributed by atoms with Gasteiger partial charge in [-0.1, -0.05) is 18.2 Å². The van der Waals surface area contributed by atoms with Crippen molar-refractivity contribution in [3.63, 3.8) is 0 Å². The number of benzene rings is 1. The largest absolute Gasteiger partial charge is 0.360 e. The van der Waals surface area contributed by atoms with Gasteiger partial charge in [-0.15, -0.1) is 0 Å². The number of anilines is 3. The quantitative estimate of drug-likeness (QED) is 0.513. The molecule has 2 N–H and O–H groups in total. The minimum absolute atomic E-state index is 0.503. The second-order valence-electron chi connectivity index (χ2n) is 7.70. The molecule has 0 radical (unpaired) electrons. The summed E-state index contributed by atoms with van der Waals surface area (Å²) in [6, 6.07) is 8.23. The predicted octanol–water partition coefficient (Wildman–Crippen LogP) is 3.39. The number of para-hydroxylation sites is 1. The van der Waals surface area contributed by atoms with E-state index in [2.05, 4.69) is 47.4 Å². The van der Waals surface area contributed by atoms with Gasteiger partial charge >= 0.3 is 0 Å². The fraction of sp³-hybridized carbons (Fsp3) is 0.429. The van der Waals surface area contributed by atoms with Gasteiger partial charge in [-0.2, -0.15) is 20.1 Å². The van der Waals surface area contributed by atoms with Crippen LogP contribution in [0.4, 0.5) is 17.8 Å². The lowest BCUT2D eigenvalue weighted by Crippen LogP contribution is -2.25. The Balaban J connectivity index is 1.44. The molecule has 0 saturated carbocycles. The molecule has 2 fully saturated rings. The van der Waals surface area contributed by atoms with Crippen LogP contribution in [0.3, 0.4) is 0 Å². The third-order valence-electron chi connectivity index (χ3n) is 5.69. The zero-order chi connectivity index (χ0) is 19.6. The summed E-state index contributed by atoms with van der Waals surface area (Å²) >= 11 is 0. The zero-order valence-corrected chi connectivity index (χ0v) is 16.7. The summed E-state index contributed by atoms with van der Waals surface area (Å²) < 4.78 is 0. The SMILES string of the molecule is CC(=NNc1nc(N2CCCC2)nc(N2CCCC2)n1)c1c[nH]c2ccccc12. The van der Waals surface area contributed by atoms with E-state index in [1.54, 1.807) is 0 Å². The normalized spacial score (nSPS) is 17.5. The molecule has 0 atom stereocenters. The number of nitrogens with zero attached hydrogens (tertiary/aromatic N) is 6. The predicted molar refractivity (Wildman–Crippen MR) is 117 cm³/mol. The molecule has 8 heteroatoms. The standard InChI is InChI=1S/C21H26N8/c1-15(17-14-22-18-9-3-2-8-16(17)18)26-27-19-23-20(28-10-4-5-11-28)25-21(24-19)29-12-6-7-13-29/h2-3,8-9,14,22H,4-7,10-13H2,1H3,(H,23,24,25,27). The Bertz CT molecular complexity index is 994. The third-order valence-corrected chi connectivity index (χ3v) is 5.69. The number of aromatic nitrogens is 4. The first-order valence-corrected chi connectivity index (χ1v) is 10.4. The highest BCUT2D eigenvalue weighted by Crippen LogP contribution is 2.23. The third kappa shape index (κ3) is 3.62. The molecule has 0 unspecified atom stereocenters. The molecule has 5 rings (SSSR count). The number of rotatable bonds is 5. The summed E-state index contributed by atoms with van der Waals surface area (Å²) in [6.07, 6.45) is 6.73. The fourth-order valence-electron chi connectivity index (χ4n) is 4.09. The van der Waals surface area contributed by atoms with E-state index in [0.717, 1.165) is 60.3 Å². The van der Waals surface area contributed by atoms with E-state index in [0.29, 0.717) is 5.95 Å². The van der Waals surface area contributed by atoms with Crippen LogP contribution in [0.15, 0.2) is 35.6 Å². The average Bonchev–Trinajstić information content (AvgIpc) is 3.53. The van der Waals surface area contributed by atoms with Crippen molar-refractivity contribution in [3.8, 4) is 0 Å². The van der Waals surface area contributed by atoms with Crippen LogP contribution in [0.2, 0.25) is 0 Å². The van der Waals surface area contributed by atoms with Crippen molar-refractivity contribution in [1.82, 2.24) is 19.9 Å². The number of hydrogen-bond acceptors (Lipinski definition) is 7. The number of nitrogens with one attached hydrogen (secondary N) is 2. The first-order valence-electron chi connectivity index (χ1n) is 10.4. The summed E-state index contributed by atoms with van der Waals surface area (Å²) in [5, 5.41) is 5.73. The number of aromatic amines is 1. The zero-order valence-electron chi connectivity index (χ0n) is 16.7. The van der Waals surface area contributed by atoms with E-state index >= 15 is 0 Å². The summed E-state index contributed by atoms with van der Waals surface area (Å²) in [7, 11) is 0. The number of fused-ring (bicyclic) bond motifs is 1. The van der Waals surface area contributed by atoms with Gasteiger partial charge in [0.25, 0.3) is 0 Å². The molecule has 8 nitrogen and oxygen atoms in total. The van der Waals surface area contributed by atoms with E-state index in [1.807, 2.05) is 25.3 Å². The topological polar surface area (TPSA) is 85.3 Å². The highest BCUT2D eigenvalue weighted by molar-refractivity contribution is 6.09. The second kappa shape index (κ2) is 7.69. The van der Waals surface area contributed by atoms with Crippen LogP contribution in [0.25, 0.3) is 10.9 Å². The maximum Gasteiger partial charge on any atom is 0.250 e. The van der Waals surface area contributed by atoms with Crippen LogP contribution in [0.1, 0.15) is 38.2 Å². The van der Waals surface area contributed by atoms with Gasteiger partial charge in [0.1, 0.15) is 0 Å². The molecule has 0 aliphatic carbocycles. The van der Waals surface area contributed by atoms with Gasteiger partial charge in [0.2, 0.25) is 17.8 Å². The van der Waals surface area contributed by atoms with Crippen molar-refractivity contribution in [2.45, 2.75) is 32.6 Å². The first-order chi connectivity index (χ1) is 14.3. The van der Waals surface area contributed by atoms with E-state index in [9.17, 15) is 0 Å². The molecule has 2 aromatic heterocycles. The Labute approximate surface area is 170 Å². The Morgan fingerprint density at radius 1 is 0.931 bits per heavy atom. The van der Waals surface area contributed by atoms with Crippen LogP contribution >= 0.6 is 0 Å². The highest BCUT2D eigenvalue weighted by atomic mass is 15.4. The lowest BCUT2D eigenvalue weighted by molar-refractivity contribution is 0.838. The summed E-state index contributed by atoms with van der Waals surface area (Å²) in [5.74, 6) is 2.01.